The second-order valence-electron chi connectivity index (χ2n) is 16.2. The summed E-state index contributed by atoms with van der Waals surface area (Å²) in [6.07, 6.45) is 16.0. The molecule has 1 N–H and O–H groups in total. The molecule has 0 aliphatic heterocycles. The Labute approximate surface area is 285 Å². The van der Waals surface area contributed by atoms with E-state index in [2.05, 4.69) is 55.3 Å². The van der Waals surface area contributed by atoms with Gasteiger partial charge in [-0.3, -0.25) is 9.59 Å². The lowest BCUT2D eigenvalue weighted by Gasteiger charge is -2.50. The van der Waals surface area contributed by atoms with E-state index < -0.39 is 0 Å². The van der Waals surface area contributed by atoms with Gasteiger partial charge in [0.05, 0.1) is 5.71 Å². The van der Waals surface area contributed by atoms with Crippen LogP contribution in [0, 0.1) is 36.0 Å². The van der Waals surface area contributed by atoms with Crippen LogP contribution in [0.2, 0.25) is 0 Å². The Balaban J connectivity index is 1.20. The summed E-state index contributed by atoms with van der Waals surface area (Å²) >= 11 is 1.52. The largest absolute Gasteiger partial charge is 0.426 e. The number of hydrogen-bond donors (Lipinski definition) is 1. The summed E-state index contributed by atoms with van der Waals surface area (Å²) in [5.41, 5.74) is 5.05. The van der Waals surface area contributed by atoms with Crippen molar-refractivity contribution in [2.45, 2.75) is 136 Å². The highest BCUT2D eigenvalue weighted by molar-refractivity contribution is 7.15. The Bertz CT molecular complexity index is 1490. The lowest BCUT2D eigenvalue weighted by atomic mass is 9.53. The van der Waals surface area contributed by atoms with Crippen LogP contribution < -0.4 is 10.1 Å². The maximum atomic E-state index is 13.1. The molecule has 0 saturated heterocycles. The van der Waals surface area contributed by atoms with Gasteiger partial charge in [0.2, 0.25) is 5.91 Å². The van der Waals surface area contributed by atoms with Gasteiger partial charge in [-0.05, 0) is 110 Å². The van der Waals surface area contributed by atoms with Gasteiger partial charge in [0.25, 0.3) is 0 Å². The molecule has 47 heavy (non-hydrogen) atoms. The van der Waals surface area contributed by atoms with Crippen LogP contribution in [0.15, 0.2) is 23.5 Å². The minimum absolute atomic E-state index is 0.0155. The highest BCUT2D eigenvalue weighted by atomic mass is 32.1. The summed E-state index contributed by atoms with van der Waals surface area (Å²) in [7, 11) is 1.67. The van der Waals surface area contributed by atoms with E-state index in [1.165, 1.54) is 53.9 Å². The molecule has 5 atom stereocenters. The molecular formula is C39H55N3O4S. The van der Waals surface area contributed by atoms with Crippen LogP contribution in [0.3, 0.4) is 0 Å². The van der Waals surface area contributed by atoms with E-state index in [-0.39, 0.29) is 22.7 Å². The van der Waals surface area contributed by atoms with Gasteiger partial charge in [-0.1, -0.05) is 64.6 Å². The van der Waals surface area contributed by atoms with Gasteiger partial charge in [0, 0.05) is 34.9 Å². The van der Waals surface area contributed by atoms with Crippen molar-refractivity contribution in [2.75, 3.05) is 12.4 Å². The second kappa shape index (κ2) is 14.0. The number of esters is 1. The predicted octanol–water partition coefficient (Wildman–Crippen LogP) is 9.52. The molecule has 3 fully saturated rings. The van der Waals surface area contributed by atoms with Gasteiger partial charge < -0.3 is 14.9 Å². The Morgan fingerprint density at radius 1 is 1.11 bits per heavy atom. The number of aromatic nitrogens is 1. The third-order valence-corrected chi connectivity index (χ3v) is 12.8. The fraction of sp³-hybridized carbons (Fsp3) is 0.692. The standard InChI is InChI=1S/C39H55N3O4S/c1-24-23-40-37(47-24)41-34(43)13-9-12-27-21-33(42-45-6)39(5)19-18-28-29(36(27)39)16-15-26-20-32(31(22-30(26)28)38(2,3)4)46-35(44)17-14-25-10-7-8-11-25/h20,22-23,25,27-29,36H,7-19,21H2,1-6H3,(H,40,41,43)/b42-33+/t27-,28?,29?,36?,39-/m1/s1. The first-order valence-electron chi connectivity index (χ1n) is 18.2. The van der Waals surface area contributed by atoms with Crippen LogP contribution in [0.4, 0.5) is 5.13 Å². The van der Waals surface area contributed by atoms with Crippen molar-refractivity contribution in [3.63, 3.8) is 0 Å². The lowest BCUT2D eigenvalue weighted by Crippen LogP contribution is -2.44. The molecule has 3 unspecified atom stereocenters. The van der Waals surface area contributed by atoms with Crippen LogP contribution in [0.25, 0.3) is 0 Å². The van der Waals surface area contributed by atoms with Crippen molar-refractivity contribution >= 4 is 34.1 Å². The Hall–Kier alpha value is -2.74. The summed E-state index contributed by atoms with van der Waals surface area (Å²) in [5, 5.41) is 8.29. The van der Waals surface area contributed by atoms with Gasteiger partial charge >= 0.3 is 5.97 Å². The minimum atomic E-state index is -0.141. The molecule has 6 rings (SSSR count). The second-order valence-corrected chi connectivity index (χ2v) is 17.4. The number of nitrogens with zero attached hydrogens (tertiary/aromatic N) is 2. The number of nitrogens with one attached hydrogen (secondary N) is 1. The number of benzene rings is 1. The molecule has 4 aliphatic rings. The molecule has 1 amide bonds. The first-order chi connectivity index (χ1) is 22.5. The van der Waals surface area contributed by atoms with E-state index in [1.54, 1.807) is 13.3 Å². The highest BCUT2D eigenvalue weighted by Crippen LogP contribution is 2.63. The SMILES string of the molecule is CO/N=C1\C[C@@H](CCCC(=O)Nc2ncc(C)s2)C2C3CCc4cc(OC(=O)CCC5CCCC5)c(C(C)(C)C)cc4C3CC[C@]12C. The van der Waals surface area contributed by atoms with E-state index in [4.69, 9.17) is 9.57 Å². The average molecular weight is 662 g/mol. The summed E-state index contributed by atoms with van der Waals surface area (Å²) in [6, 6.07) is 4.63. The fourth-order valence-corrected chi connectivity index (χ4v) is 10.5. The van der Waals surface area contributed by atoms with Crippen molar-refractivity contribution in [1.29, 1.82) is 0 Å². The van der Waals surface area contributed by atoms with Crippen LogP contribution >= 0.6 is 11.3 Å². The number of carbonyl (C=O) groups excluding carboxylic acids is 2. The van der Waals surface area contributed by atoms with Gasteiger partial charge in [-0.2, -0.15) is 0 Å². The minimum Gasteiger partial charge on any atom is -0.426 e. The number of fused-ring (bicyclic) bond motifs is 5. The van der Waals surface area contributed by atoms with E-state index in [0.29, 0.717) is 47.6 Å². The van der Waals surface area contributed by atoms with Crippen LogP contribution in [0.1, 0.15) is 139 Å². The molecule has 256 valence electrons. The van der Waals surface area contributed by atoms with E-state index in [1.807, 2.05) is 6.92 Å². The maximum Gasteiger partial charge on any atom is 0.311 e. The monoisotopic (exact) mass is 661 g/mol. The van der Waals surface area contributed by atoms with Crippen LogP contribution in [0.5, 0.6) is 5.75 Å². The molecule has 7 nitrogen and oxygen atoms in total. The number of oxime groups is 1. The zero-order valence-corrected chi connectivity index (χ0v) is 30.3. The molecule has 0 bridgehead atoms. The molecule has 8 heteroatoms. The molecule has 1 aromatic heterocycles. The molecule has 1 aromatic carbocycles. The van der Waals surface area contributed by atoms with Gasteiger partial charge in [-0.25, -0.2) is 4.98 Å². The van der Waals surface area contributed by atoms with Gasteiger partial charge in [-0.15, -0.1) is 11.3 Å². The van der Waals surface area contributed by atoms with Crippen molar-refractivity contribution in [2.24, 2.45) is 34.2 Å². The van der Waals surface area contributed by atoms with Crippen molar-refractivity contribution in [1.82, 2.24) is 4.98 Å². The zero-order valence-electron chi connectivity index (χ0n) is 29.5. The lowest BCUT2D eigenvalue weighted by molar-refractivity contribution is -0.134. The number of aryl methyl sites for hydroxylation is 2. The average Bonchev–Trinajstić information content (AvgIpc) is 3.75. The summed E-state index contributed by atoms with van der Waals surface area (Å²) < 4.78 is 6.18. The maximum absolute atomic E-state index is 13.1. The Morgan fingerprint density at radius 2 is 1.89 bits per heavy atom. The number of hydrogen-bond acceptors (Lipinski definition) is 7. The summed E-state index contributed by atoms with van der Waals surface area (Å²) in [4.78, 5) is 36.6. The van der Waals surface area contributed by atoms with E-state index >= 15 is 0 Å². The number of ether oxygens (including phenoxy) is 1. The van der Waals surface area contributed by atoms with Gasteiger partial charge in [0.1, 0.15) is 12.9 Å². The summed E-state index contributed by atoms with van der Waals surface area (Å²) in [5.74, 6) is 3.41. The third-order valence-electron chi connectivity index (χ3n) is 12.0. The molecule has 4 aliphatic carbocycles. The third kappa shape index (κ3) is 7.33. The van der Waals surface area contributed by atoms with E-state index in [0.717, 1.165) is 67.6 Å². The topological polar surface area (TPSA) is 89.9 Å². The first-order valence-corrected chi connectivity index (χ1v) is 19.0. The fourth-order valence-electron chi connectivity index (χ4n) is 9.78. The number of carbonyl (C=O) groups is 2. The van der Waals surface area contributed by atoms with Crippen molar-refractivity contribution in [3.8, 4) is 5.75 Å². The molecule has 1 heterocycles. The molecular weight excluding hydrogens is 607 g/mol. The Morgan fingerprint density at radius 3 is 2.60 bits per heavy atom. The van der Waals surface area contributed by atoms with Crippen LogP contribution in [-0.4, -0.2) is 29.7 Å². The predicted molar refractivity (Wildman–Crippen MR) is 189 cm³/mol. The zero-order chi connectivity index (χ0) is 33.3. The number of amides is 1. The molecule has 3 saturated carbocycles. The quantitative estimate of drug-likeness (QED) is 0.156. The highest BCUT2D eigenvalue weighted by Gasteiger charge is 2.57. The normalized spacial score (nSPS) is 28.1. The van der Waals surface area contributed by atoms with Crippen molar-refractivity contribution < 1.29 is 19.2 Å². The summed E-state index contributed by atoms with van der Waals surface area (Å²) in [6.45, 7) is 11.1. The number of thiazole rings is 1. The van der Waals surface area contributed by atoms with Crippen molar-refractivity contribution in [3.05, 3.63) is 39.9 Å². The molecule has 0 radical (unpaired) electrons. The van der Waals surface area contributed by atoms with Crippen LogP contribution in [-0.2, 0) is 26.3 Å². The molecule has 2 aromatic rings. The number of rotatable bonds is 10. The first kappa shape index (κ1) is 34.1. The molecule has 0 spiro atoms. The van der Waals surface area contributed by atoms with Gasteiger partial charge in [0.15, 0.2) is 5.13 Å². The number of anilines is 1. The Kier molecular flexibility index (Phi) is 10.2. The van der Waals surface area contributed by atoms with E-state index in [9.17, 15) is 9.59 Å². The smallest absolute Gasteiger partial charge is 0.311 e.